The summed E-state index contributed by atoms with van der Waals surface area (Å²) in [7, 11) is 0. The Morgan fingerprint density at radius 2 is 2.06 bits per heavy atom. The van der Waals surface area contributed by atoms with Crippen molar-refractivity contribution in [2.24, 2.45) is 17.8 Å². The SMILES string of the molecule is C=C1CC[C@@H](C(C)(C)O)[C@@H]2C=C(C)[C@H](O)C[C@@H]12. The highest BCUT2D eigenvalue weighted by Gasteiger charge is 2.43. The Bertz CT molecular complexity index is 348. The van der Waals surface area contributed by atoms with Crippen molar-refractivity contribution in [2.75, 3.05) is 0 Å². The maximum absolute atomic E-state index is 10.3. The van der Waals surface area contributed by atoms with E-state index in [2.05, 4.69) is 12.7 Å². The van der Waals surface area contributed by atoms with Crippen molar-refractivity contribution >= 4 is 0 Å². The third kappa shape index (κ3) is 2.34. The van der Waals surface area contributed by atoms with Gasteiger partial charge in [-0.2, -0.15) is 0 Å². The van der Waals surface area contributed by atoms with Crippen molar-refractivity contribution in [3.8, 4) is 0 Å². The maximum Gasteiger partial charge on any atom is 0.0753 e. The van der Waals surface area contributed by atoms with Crippen LogP contribution in [-0.4, -0.2) is 21.9 Å². The van der Waals surface area contributed by atoms with Gasteiger partial charge in [0, 0.05) is 0 Å². The number of hydrogen-bond donors (Lipinski definition) is 2. The fourth-order valence-corrected chi connectivity index (χ4v) is 3.49. The molecule has 2 N–H and O–H groups in total. The number of allylic oxidation sites excluding steroid dienone is 2. The van der Waals surface area contributed by atoms with Crippen LogP contribution >= 0.6 is 0 Å². The van der Waals surface area contributed by atoms with Gasteiger partial charge in [0.25, 0.3) is 0 Å². The second-order valence-corrected chi connectivity index (χ2v) is 6.30. The topological polar surface area (TPSA) is 40.5 Å². The van der Waals surface area contributed by atoms with E-state index in [0.717, 1.165) is 24.8 Å². The summed E-state index contributed by atoms with van der Waals surface area (Å²) in [5, 5.41) is 20.2. The highest BCUT2D eigenvalue weighted by molar-refractivity contribution is 5.23. The second-order valence-electron chi connectivity index (χ2n) is 6.30. The summed E-state index contributed by atoms with van der Waals surface area (Å²) in [5.74, 6) is 0.971. The van der Waals surface area contributed by atoms with E-state index in [9.17, 15) is 10.2 Å². The van der Waals surface area contributed by atoms with Crippen molar-refractivity contribution in [3.63, 3.8) is 0 Å². The maximum atomic E-state index is 10.3. The fourth-order valence-electron chi connectivity index (χ4n) is 3.49. The summed E-state index contributed by atoms with van der Waals surface area (Å²) in [6.45, 7) is 9.94. The molecule has 0 heterocycles. The zero-order valence-electron chi connectivity index (χ0n) is 11.1. The molecule has 0 aromatic carbocycles. The summed E-state index contributed by atoms with van der Waals surface area (Å²) in [6.07, 6.45) is 4.61. The van der Waals surface area contributed by atoms with Gasteiger partial charge in [-0.15, -0.1) is 0 Å². The predicted molar refractivity (Wildman–Crippen MR) is 69.5 cm³/mol. The molecule has 0 aromatic rings. The Hall–Kier alpha value is -0.600. The third-order valence-electron chi connectivity index (χ3n) is 4.60. The molecule has 0 bridgehead atoms. The monoisotopic (exact) mass is 236 g/mol. The number of hydrogen-bond acceptors (Lipinski definition) is 2. The Morgan fingerprint density at radius 3 is 2.65 bits per heavy atom. The van der Waals surface area contributed by atoms with E-state index in [-0.39, 0.29) is 12.0 Å². The lowest BCUT2D eigenvalue weighted by Gasteiger charge is -2.46. The van der Waals surface area contributed by atoms with Crippen LogP contribution in [-0.2, 0) is 0 Å². The van der Waals surface area contributed by atoms with Gasteiger partial charge in [-0.25, -0.2) is 0 Å². The van der Waals surface area contributed by atoms with Gasteiger partial charge in [-0.1, -0.05) is 18.2 Å². The Kier molecular flexibility index (Phi) is 3.21. The van der Waals surface area contributed by atoms with Gasteiger partial charge in [0.1, 0.15) is 0 Å². The molecule has 2 rings (SSSR count). The number of aliphatic hydroxyl groups excluding tert-OH is 1. The molecule has 0 aromatic heterocycles. The van der Waals surface area contributed by atoms with Gasteiger partial charge in [0.15, 0.2) is 0 Å². The summed E-state index contributed by atoms with van der Waals surface area (Å²) >= 11 is 0. The summed E-state index contributed by atoms with van der Waals surface area (Å²) < 4.78 is 0. The van der Waals surface area contributed by atoms with Gasteiger partial charge in [-0.3, -0.25) is 0 Å². The first-order valence-electron chi connectivity index (χ1n) is 6.57. The van der Waals surface area contributed by atoms with Crippen LogP contribution in [0.3, 0.4) is 0 Å². The molecule has 96 valence electrons. The molecule has 2 nitrogen and oxygen atoms in total. The van der Waals surface area contributed by atoms with Crippen LogP contribution in [0.1, 0.15) is 40.0 Å². The molecule has 2 heteroatoms. The zero-order chi connectivity index (χ0) is 12.8. The highest BCUT2D eigenvalue weighted by Crippen LogP contribution is 2.48. The Morgan fingerprint density at radius 1 is 1.41 bits per heavy atom. The summed E-state index contributed by atoms with van der Waals surface area (Å²) in [4.78, 5) is 0. The van der Waals surface area contributed by atoms with Crippen LogP contribution in [0.4, 0.5) is 0 Å². The van der Waals surface area contributed by atoms with Crippen LogP contribution in [0, 0.1) is 17.8 Å². The quantitative estimate of drug-likeness (QED) is 0.687. The average Bonchev–Trinajstić information content (AvgIpc) is 2.19. The van der Waals surface area contributed by atoms with Gasteiger partial charge in [-0.05, 0) is 63.4 Å². The van der Waals surface area contributed by atoms with Crippen molar-refractivity contribution in [2.45, 2.75) is 51.7 Å². The minimum Gasteiger partial charge on any atom is -0.390 e. The van der Waals surface area contributed by atoms with Crippen LogP contribution in [0.5, 0.6) is 0 Å². The fraction of sp³-hybridized carbons (Fsp3) is 0.733. The van der Waals surface area contributed by atoms with E-state index in [1.54, 1.807) is 0 Å². The Balaban J connectivity index is 2.33. The molecular formula is C15H24O2. The molecule has 0 saturated heterocycles. The Labute approximate surface area is 104 Å². The number of aliphatic hydroxyl groups is 2. The van der Waals surface area contributed by atoms with Crippen molar-refractivity contribution in [1.82, 2.24) is 0 Å². The minimum absolute atomic E-state index is 0.278. The van der Waals surface area contributed by atoms with E-state index in [1.165, 1.54) is 5.57 Å². The molecular weight excluding hydrogens is 212 g/mol. The second kappa shape index (κ2) is 4.25. The molecule has 4 atom stereocenters. The molecule has 17 heavy (non-hydrogen) atoms. The lowest BCUT2D eigenvalue weighted by Crippen LogP contribution is -2.44. The first-order chi connectivity index (χ1) is 7.80. The smallest absolute Gasteiger partial charge is 0.0753 e. The van der Waals surface area contributed by atoms with Crippen molar-refractivity contribution in [3.05, 3.63) is 23.8 Å². The number of fused-ring (bicyclic) bond motifs is 1. The predicted octanol–water partition coefficient (Wildman–Crippen LogP) is 2.67. The van der Waals surface area contributed by atoms with Crippen LogP contribution < -0.4 is 0 Å². The molecule has 0 radical (unpaired) electrons. The van der Waals surface area contributed by atoms with Gasteiger partial charge >= 0.3 is 0 Å². The standard InChI is InChI=1S/C15H24O2/c1-9-5-6-13(15(3,4)17)12-7-10(2)14(16)8-11(9)12/h7,11-14,16-17H,1,5-6,8H2,2-4H3/t11-,12+,13+,14+/m0/s1. The molecule has 1 fully saturated rings. The first kappa shape index (κ1) is 12.8. The normalized spacial score (nSPS) is 38.6. The number of rotatable bonds is 1. The van der Waals surface area contributed by atoms with Gasteiger partial charge < -0.3 is 10.2 Å². The van der Waals surface area contributed by atoms with E-state index >= 15 is 0 Å². The first-order valence-corrected chi connectivity index (χ1v) is 6.57. The molecule has 0 aliphatic heterocycles. The largest absolute Gasteiger partial charge is 0.390 e. The van der Waals surface area contributed by atoms with E-state index < -0.39 is 5.60 Å². The lowest BCUT2D eigenvalue weighted by molar-refractivity contribution is -0.0293. The van der Waals surface area contributed by atoms with Crippen LogP contribution in [0.25, 0.3) is 0 Å². The van der Waals surface area contributed by atoms with Crippen molar-refractivity contribution in [1.29, 1.82) is 0 Å². The third-order valence-corrected chi connectivity index (χ3v) is 4.60. The zero-order valence-corrected chi connectivity index (χ0v) is 11.1. The molecule has 0 spiro atoms. The molecule has 1 saturated carbocycles. The van der Waals surface area contributed by atoms with Crippen molar-refractivity contribution < 1.29 is 10.2 Å². The lowest BCUT2D eigenvalue weighted by atomic mass is 9.61. The summed E-state index contributed by atoms with van der Waals surface area (Å²) in [5.41, 5.74) is 1.65. The van der Waals surface area contributed by atoms with E-state index in [4.69, 9.17) is 0 Å². The molecule has 2 aliphatic rings. The summed E-state index contributed by atoms with van der Waals surface area (Å²) in [6, 6.07) is 0. The van der Waals surface area contributed by atoms with E-state index in [1.807, 2.05) is 20.8 Å². The van der Waals surface area contributed by atoms with Crippen LogP contribution in [0.2, 0.25) is 0 Å². The average molecular weight is 236 g/mol. The molecule has 2 aliphatic carbocycles. The molecule has 0 unspecified atom stereocenters. The highest BCUT2D eigenvalue weighted by atomic mass is 16.3. The minimum atomic E-state index is -0.650. The molecule has 0 amide bonds. The van der Waals surface area contributed by atoms with Gasteiger partial charge in [0.05, 0.1) is 11.7 Å². The van der Waals surface area contributed by atoms with Crippen LogP contribution in [0.15, 0.2) is 23.8 Å². The van der Waals surface area contributed by atoms with E-state index in [0.29, 0.717) is 11.8 Å². The van der Waals surface area contributed by atoms with Gasteiger partial charge in [0.2, 0.25) is 0 Å².